The average Bonchev–Trinajstić information content (AvgIpc) is 3.11. The highest BCUT2D eigenvalue weighted by atomic mass is 16.5. The van der Waals surface area contributed by atoms with Gasteiger partial charge in [0, 0.05) is 24.7 Å². The standard InChI is InChI=1S/C22H29N3O5/c1-14-8-10-18(11-9-14)25-13-16(12-19(25)26)21(28)30-15(2)20(27)24-22(29)23-17-6-4-3-5-7-17/h8-11,15-17H,3-7,12-13H2,1-2H3,(H2,23,24,27,29)/t15-,16-/m1/s1. The first kappa shape index (κ1) is 21.8. The Morgan fingerprint density at radius 3 is 2.43 bits per heavy atom. The molecule has 2 aliphatic rings. The molecule has 1 aromatic rings. The van der Waals surface area contributed by atoms with Crippen molar-refractivity contribution in [2.24, 2.45) is 5.92 Å². The molecule has 162 valence electrons. The summed E-state index contributed by atoms with van der Waals surface area (Å²) in [6, 6.07) is 6.97. The van der Waals surface area contributed by atoms with Crippen LogP contribution in [0.2, 0.25) is 0 Å². The topological polar surface area (TPSA) is 105 Å². The zero-order valence-electron chi connectivity index (χ0n) is 17.5. The van der Waals surface area contributed by atoms with Gasteiger partial charge in [-0.1, -0.05) is 37.0 Å². The van der Waals surface area contributed by atoms with Gasteiger partial charge in [-0.25, -0.2) is 4.79 Å². The molecule has 1 aromatic carbocycles. The van der Waals surface area contributed by atoms with Crippen LogP contribution in [0, 0.1) is 12.8 Å². The molecule has 4 amide bonds. The Balaban J connectivity index is 1.47. The predicted octanol–water partition coefficient (Wildman–Crippen LogP) is 2.44. The fraction of sp³-hybridized carbons (Fsp3) is 0.545. The van der Waals surface area contributed by atoms with E-state index in [4.69, 9.17) is 4.74 Å². The number of esters is 1. The van der Waals surface area contributed by atoms with E-state index >= 15 is 0 Å². The molecule has 0 aromatic heterocycles. The second-order valence-electron chi connectivity index (χ2n) is 8.12. The van der Waals surface area contributed by atoms with Gasteiger partial charge in [-0.05, 0) is 38.8 Å². The number of hydrogen-bond acceptors (Lipinski definition) is 5. The van der Waals surface area contributed by atoms with Gasteiger partial charge in [0.25, 0.3) is 5.91 Å². The van der Waals surface area contributed by atoms with Gasteiger partial charge < -0.3 is 15.0 Å². The lowest BCUT2D eigenvalue weighted by molar-refractivity contribution is -0.158. The van der Waals surface area contributed by atoms with Gasteiger partial charge in [-0.15, -0.1) is 0 Å². The van der Waals surface area contributed by atoms with Gasteiger partial charge in [0.05, 0.1) is 5.92 Å². The molecule has 8 heteroatoms. The third-order valence-corrected chi connectivity index (χ3v) is 5.64. The molecule has 1 aliphatic carbocycles. The maximum atomic E-state index is 12.5. The van der Waals surface area contributed by atoms with Crippen LogP contribution in [0.3, 0.4) is 0 Å². The molecule has 2 fully saturated rings. The molecular formula is C22H29N3O5. The Bertz CT molecular complexity index is 801. The van der Waals surface area contributed by atoms with Crippen LogP contribution in [0.5, 0.6) is 0 Å². The molecule has 8 nitrogen and oxygen atoms in total. The van der Waals surface area contributed by atoms with Crippen molar-refractivity contribution in [3.8, 4) is 0 Å². The molecule has 0 radical (unpaired) electrons. The van der Waals surface area contributed by atoms with Crippen molar-refractivity contribution >= 4 is 29.5 Å². The molecule has 2 atom stereocenters. The summed E-state index contributed by atoms with van der Waals surface area (Å²) in [5.74, 6) is -2.11. The van der Waals surface area contributed by atoms with E-state index in [9.17, 15) is 19.2 Å². The monoisotopic (exact) mass is 415 g/mol. The number of urea groups is 1. The molecule has 3 rings (SSSR count). The summed E-state index contributed by atoms with van der Waals surface area (Å²) < 4.78 is 5.23. The molecule has 1 saturated heterocycles. The molecule has 0 spiro atoms. The SMILES string of the molecule is Cc1ccc(N2C[C@H](C(=O)O[C@H](C)C(=O)NC(=O)NC3CCCCC3)CC2=O)cc1. The van der Waals surface area contributed by atoms with Crippen LogP contribution in [0.4, 0.5) is 10.5 Å². The number of nitrogens with zero attached hydrogens (tertiary/aromatic N) is 1. The van der Waals surface area contributed by atoms with Crippen LogP contribution in [0.25, 0.3) is 0 Å². The van der Waals surface area contributed by atoms with Crippen molar-refractivity contribution in [1.82, 2.24) is 10.6 Å². The van der Waals surface area contributed by atoms with E-state index in [1.165, 1.54) is 6.92 Å². The highest BCUT2D eigenvalue weighted by Crippen LogP contribution is 2.26. The molecule has 0 unspecified atom stereocenters. The number of imide groups is 1. The van der Waals surface area contributed by atoms with Gasteiger partial charge in [0.15, 0.2) is 6.10 Å². The van der Waals surface area contributed by atoms with Crippen LogP contribution in [0.1, 0.15) is 51.0 Å². The van der Waals surface area contributed by atoms with Crippen molar-refractivity contribution in [3.05, 3.63) is 29.8 Å². The summed E-state index contributed by atoms with van der Waals surface area (Å²) in [7, 11) is 0. The van der Waals surface area contributed by atoms with Gasteiger partial charge in [-0.2, -0.15) is 0 Å². The molecule has 2 N–H and O–H groups in total. The largest absolute Gasteiger partial charge is 0.452 e. The maximum Gasteiger partial charge on any atom is 0.321 e. The Hall–Kier alpha value is -2.90. The number of carbonyl (C=O) groups excluding carboxylic acids is 4. The minimum atomic E-state index is -1.13. The summed E-state index contributed by atoms with van der Waals surface area (Å²) in [6.07, 6.45) is 4.00. The minimum absolute atomic E-state index is 0.0310. The second kappa shape index (κ2) is 9.73. The van der Waals surface area contributed by atoms with Crippen molar-refractivity contribution in [1.29, 1.82) is 0 Å². The highest BCUT2D eigenvalue weighted by Gasteiger charge is 2.37. The van der Waals surface area contributed by atoms with Crippen LogP contribution in [-0.4, -0.2) is 42.5 Å². The molecule has 1 aliphatic heterocycles. The smallest absolute Gasteiger partial charge is 0.321 e. The Labute approximate surface area is 176 Å². The number of anilines is 1. The summed E-state index contributed by atoms with van der Waals surface area (Å²) in [5, 5.41) is 5.01. The van der Waals surface area contributed by atoms with E-state index in [1.807, 2.05) is 31.2 Å². The summed E-state index contributed by atoms with van der Waals surface area (Å²) >= 11 is 0. The van der Waals surface area contributed by atoms with Crippen molar-refractivity contribution < 1.29 is 23.9 Å². The minimum Gasteiger partial charge on any atom is -0.452 e. The Morgan fingerprint density at radius 2 is 1.77 bits per heavy atom. The number of nitrogens with one attached hydrogen (secondary N) is 2. The van der Waals surface area contributed by atoms with Gasteiger partial charge in [0.1, 0.15) is 0 Å². The average molecular weight is 415 g/mol. The Kier molecular flexibility index (Phi) is 7.07. The first-order valence-corrected chi connectivity index (χ1v) is 10.5. The van der Waals surface area contributed by atoms with Crippen molar-refractivity contribution in [2.45, 2.75) is 64.5 Å². The highest BCUT2D eigenvalue weighted by molar-refractivity contribution is 6.00. The first-order valence-electron chi connectivity index (χ1n) is 10.5. The normalized spacial score (nSPS) is 20.5. The number of ether oxygens (including phenoxy) is 1. The lowest BCUT2D eigenvalue weighted by Gasteiger charge is -2.23. The zero-order valence-corrected chi connectivity index (χ0v) is 17.5. The third kappa shape index (κ3) is 5.58. The van der Waals surface area contributed by atoms with E-state index in [1.54, 1.807) is 4.90 Å². The molecule has 30 heavy (non-hydrogen) atoms. The molecule has 0 bridgehead atoms. The number of hydrogen-bond donors (Lipinski definition) is 2. The quantitative estimate of drug-likeness (QED) is 0.719. The fourth-order valence-corrected chi connectivity index (χ4v) is 3.85. The predicted molar refractivity (Wildman–Crippen MR) is 111 cm³/mol. The van der Waals surface area contributed by atoms with Crippen LogP contribution >= 0.6 is 0 Å². The fourth-order valence-electron chi connectivity index (χ4n) is 3.85. The first-order chi connectivity index (χ1) is 14.3. The molecular weight excluding hydrogens is 386 g/mol. The van der Waals surface area contributed by atoms with Gasteiger partial charge >= 0.3 is 12.0 Å². The maximum absolute atomic E-state index is 12.5. The van der Waals surface area contributed by atoms with Crippen LogP contribution < -0.4 is 15.5 Å². The number of carbonyl (C=O) groups is 4. The third-order valence-electron chi connectivity index (χ3n) is 5.64. The molecule has 1 heterocycles. The van der Waals surface area contributed by atoms with Crippen LogP contribution in [0.15, 0.2) is 24.3 Å². The Morgan fingerprint density at radius 1 is 1.10 bits per heavy atom. The van der Waals surface area contributed by atoms with Crippen molar-refractivity contribution in [2.75, 3.05) is 11.4 Å². The number of aryl methyl sites for hydroxylation is 1. The summed E-state index contributed by atoms with van der Waals surface area (Å²) in [5.41, 5.74) is 1.81. The summed E-state index contributed by atoms with van der Waals surface area (Å²) in [6.45, 7) is 3.57. The number of benzene rings is 1. The number of rotatable bonds is 5. The zero-order chi connectivity index (χ0) is 21.7. The van der Waals surface area contributed by atoms with Gasteiger partial charge in [0.2, 0.25) is 5.91 Å². The van der Waals surface area contributed by atoms with E-state index in [0.29, 0.717) is 0 Å². The number of amides is 4. The lowest BCUT2D eigenvalue weighted by atomic mass is 9.96. The van der Waals surface area contributed by atoms with E-state index in [-0.39, 0.29) is 24.9 Å². The van der Waals surface area contributed by atoms with Gasteiger partial charge in [-0.3, -0.25) is 19.7 Å². The van der Waals surface area contributed by atoms with Crippen LogP contribution in [-0.2, 0) is 19.1 Å². The van der Waals surface area contributed by atoms with E-state index in [2.05, 4.69) is 10.6 Å². The second-order valence-corrected chi connectivity index (χ2v) is 8.12. The molecule has 1 saturated carbocycles. The van der Waals surface area contributed by atoms with Crippen molar-refractivity contribution in [3.63, 3.8) is 0 Å². The lowest BCUT2D eigenvalue weighted by Crippen LogP contribution is -2.48. The van der Waals surface area contributed by atoms with E-state index < -0.39 is 29.9 Å². The summed E-state index contributed by atoms with van der Waals surface area (Å²) in [4.78, 5) is 50.5. The van der Waals surface area contributed by atoms with E-state index in [0.717, 1.165) is 43.4 Å².